The lowest BCUT2D eigenvalue weighted by atomic mass is 10.1. The molecule has 13 heavy (non-hydrogen) atoms. The number of carbonyl (C=O) groups is 1. The van der Waals surface area contributed by atoms with E-state index in [1.165, 1.54) is 0 Å². The van der Waals surface area contributed by atoms with Gasteiger partial charge in [-0.2, -0.15) is 0 Å². The number of ether oxygens (including phenoxy) is 1. The number of hydrogen-bond donors (Lipinski definition) is 4. The molecule has 1 fully saturated rings. The van der Waals surface area contributed by atoms with Gasteiger partial charge in [0.15, 0.2) is 6.10 Å². The Labute approximate surface area is 74.4 Å². The van der Waals surface area contributed by atoms with Crippen LogP contribution < -0.4 is 0 Å². The van der Waals surface area contributed by atoms with Gasteiger partial charge in [0.05, 0.1) is 6.61 Å². The Balaban J connectivity index is 2.50. The van der Waals surface area contributed by atoms with E-state index in [0.717, 1.165) is 0 Å². The first-order valence-electron chi connectivity index (χ1n) is 3.91. The molecule has 0 bridgehead atoms. The molecule has 4 atom stereocenters. The Morgan fingerprint density at radius 1 is 1.54 bits per heavy atom. The smallest absolute Gasteiger partial charge is 0.335 e. The van der Waals surface area contributed by atoms with Gasteiger partial charge in [-0.25, -0.2) is 4.79 Å². The summed E-state index contributed by atoms with van der Waals surface area (Å²) in [5.74, 6) is -0.811. The van der Waals surface area contributed by atoms with Crippen molar-refractivity contribution >= 4 is 5.97 Å². The van der Waals surface area contributed by atoms with E-state index in [-0.39, 0.29) is 6.42 Å². The first kappa shape index (κ1) is 10.4. The van der Waals surface area contributed by atoms with Gasteiger partial charge < -0.3 is 25.2 Å². The highest BCUT2D eigenvalue weighted by atomic mass is 16.6. The summed E-state index contributed by atoms with van der Waals surface area (Å²) in [5, 5.41) is 35.7. The molecule has 0 aromatic rings. The zero-order chi connectivity index (χ0) is 10.0. The Kier molecular flexibility index (Phi) is 3.21. The lowest BCUT2D eigenvalue weighted by Gasteiger charge is -2.20. The van der Waals surface area contributed by atoms with Gasteiger partial charge >= 0.3 is 5.97 Å². The van der Waals surface area contributed by atoms with Crippen LogP contribution in [0, 0.1) is 0 Å². The molecule has 6 nitrogen and oxygen atoms in total. The van der Waals surface area contributed by atoms with Gasteiger partial charge in [0.1, 0.15) is 18.3 Å². The molecule has 0 aliphatic carbocycles. The van der Waals surface area contributed by atoms with Gasteiger partial charge in [0.2, 0.25) is 0 Å². The van der Waals surface area contributed by atoms with E-state index >= 15 is 0 Å². The van der Waals surface area contributed by atoms with E-state index in [4.69, 9.17) is 15.3 Å². The van der Waals surface area contributed by atoms with Gasteiger partial charge in [-0.1, -0.05) is 0 Å². The average Bonchev–Trinajstić information content (AvgIpc) is 2.44. The highest BCUT2D eigenvalue weighted by Crippen LogP contribution is 2.19. The van der Waals surface area contributed by atoms with Crippen LogP contribution >= 0.6 is 0 Å². The summed E-state index contributed by atoms with van der Waals surface area (Å²) in [4.78, 5) is 10.7. The van der Waals surface area contributed by atoms with Crippen LogP contribution in [0.5, 0.6) is 0 Å². The fourth-order valence-corrected chi connectivity index (χ4v) is 1.16. The summed E-state index contributed by atoms with van der Waals surface area (Å²) in [6.45, 7) is -0.620. The summed E-state index contributed by atoms with van der Waals surface area (Å²) in [7, 11) is 0. The van der Waals surface area contributed by atoms with Crippen LogP contribution in [0.25, 0.3) is 0 Å². The van der Waals surface area contributed by atoms with Crippen LogP contribution in [0.2, 0.25) is 0 Å². The molecule has 0 amide bonds. The molecule has 1 aliphatic rings. The normalized spacial score (nSPS) is 32.8. The van der Waals surface area contributed by atoms with Crippen molar-refractivity contribution in [1.29, 1.82) is 0 Å². The second kappa shape index (κ2) is 4.01. The molecule has 1 saturated heterocycles. The average molecular weight is 192 g/mol. The second-order valence-electron chi connectivity index (χ2n) is 2.97. The Morgan fingerprint density at radius 2 is 2.15 bits per heavy atom. The SMILES string of the molecule is O=C1OC(C(O)C(O)CO)CC1O. The van der Waals surface area contributed by atoms with Crippen molar-refractivity contribution in [3.63, 3.8) is 0 Å². The zero-order valence-electron chi connectivity index (χ0n) is 6.83. The third kappa shape index (κ3) is 2.16. The molecule has 0 aromatic heterocycles. The summed E-state index contributed by atoms with van der Waals surface area (Å²) < 4.78 is 4.55. The third-order valence-electron chi connectivity index (χ3n) is 1.96. The summed E-state index contributed by atoms with van der Waals surface area (Å²) in [5.41, 5.74) is 0. The quantitative estimate of drug-likeness (QED) is 0.365. The number of aliphatic hydroxyl groups excluding tert-OH is 4. The van der Waals surface area contributed by atoms with Gasteiger partial charge in [-0.3, -0.25) is 0 Å². The number of carbonyl (C=O) groups excluding carboxylic acids is 1. The lowest BCUT2D eigenvalue weighted by Crippen LogP contribution is -2.39. The number of cyclic esters (lactones) is 1. The molecule has 1 aliphatic heterocycles. The minimum absolute atomic E-state index is 0.0585. The summed E-state index contributed by atoms with van der Waals surface area (Å²) in [6, 6.07) is 0. The van der Waals surface area contributed by atoms with Gasteiger partial charge in [-0.05, 0) is 0 Å². The third-order valence-corrected chi connectivity index (χ3v) is 1.96. The predicted octanol–water partition coefficient (Wildman–Crippen LogP) is -2.62. The first-order chi connectivity index (χ1) is 6.06. The molecular formula is C7H12O6. The van der Waals surface area contributed by atoms with Crippen molar-refractivity contribution in [1.82, 2.24) is 0 Å². The van der Waals surface area contributed by atoms with Crippen LogP contribution in [0.15, 0.2) is 0 Å². The minimum Gasteiger partial charge on any atom is -0.457 e. The van der Waals surface area contributed by atoms with Crippen LogP contribution in [0.1, 0.15) is 6.42 Å². The molecule has 1 rings (SSSR count). The zero-order valence-corrected chi connectivity index (χ0v) is 6.83. The van der Waals surface area contributed by atoms with Crippen molar-refractivity contribution in [3.8, 4) is 0 Å². The van der Waals surface area contributed by atoms with E-state index in [2.05, 4.69) is 4.74 Å². The fourth-order valence-electron chi connectivity index (χ4n) is 1.16. The van der Waals surface area contributed by atoms with E-state index < -0.39 is 37.0 Å². The maximum absolute atomic E-state index is 10.7. The van der Waals surface area contributed by atoms with Crippen LogP contribution in [-0.4, -0.2) is 57.4 Å². The van der Waals surface area contributed by atoms with Crippen LogP contribution in [-0.2, 0) is 9.53 Å². The largest absolute Gasteiger partial charge is 0.457 e. The molecule has 0 radical (unpaired) electrons. The van der Waals surface area contributed by atoms with Crippen molar-refractivity contribution in [2.45, 2.75) is 30.8 Å². The Bertz CT molecular complexity index is 193. The van der Waals surface area contributed by atoms with Crippen molar-refractivity contribution in [2.24, 2.45) is 0 Å². The maximum atomic E-state index is 10.7. The van der Waals surface area contributed by atoms with Crippen molar-refractivity contribution < 1.29 is 30.0 Å². The molecule has 4 unspecified atom stereocenters. The lowest BCUT2D eigenvalue weighted by molar-refractivity contribution is -0.154. The molecular weight excluding hydrogens is 180 g/mol. The van der Waals surface area contributed by atoms with E-state index in [9.17, 15) is 9.90 Å². The molecule has 0 aromatic carbocycles. The molecule has 1 heterocycles. The monoisotopic (exact) mass is 192 g/mol. The summed E-state index contributed by atoms with van der Waals surface area (Å²) in [6.07, 6.45) is -4.96. The number of hydrogen-bond acceptors (Lipinski definition) is 6. The van der Waals surface area contributed by atoms with Crippen molar-refractivity contribution in [2.75, 3.05) is 6.61 Å². The van der Waals surface area contributed by atoms with E-state index in [0.29, 0.717) is 0 Å². The van der Waals surface area contributed by atoms with Gasteiger partial charge in [0, 0.05) is 6.42 Å². The number of rotatable bonds is 3. The Hall–Kier alpha value is -0.690. The molecule has 0 spiro atoms. The highest BCUT2D eigenvalue weighted by molar-refractivity contribution is 5.76. The van der Waals surface area contributed by atoms with Gasteiger partial charge in [-0.15, -0.1) is 0 Å². The Morgan fingerprint density at radius 3 is 2.54 bits per heavy atom. The van der Waals surface area contributed by atoms with Crippen LogP contribution in [0.4, 0.5) is 0 Å². The molecule has 6 heteroatoms. The molecule has 76 valence electrons. The standard InChI is InChI=1S/C7H12O6/c8-2-4(10)6(11)5-1-3(9)7(12)13-5/h3-6,8-11H,1-2H2. The number of esters is 1. The fraction of sp³-hybridized carbons (Fsp3) is 0.857. The number of aliphatic hydroxyl groups is 4. The molecule has 4 N–H and O–H groups in total. The minimum atomic E-state index is -1.36. The highest BCUT2D eigenvalue weighted by Gasteiger charge is 2.39. The van der Waals surface area contributed by atoms with E-state index in [1.54, 1.807) is 0 Å². The van der Waals surface area contributed by atoms with Crippen molar-refractivity contribution in [3.05, 3.63) is 0 Å². The van der Waals surface area contributed by atoms with Gasteiger partial charge in [0.25, 0.3) is 0 Å². The van der Waals surface area contributed by atoms with Crippen LogP contribution in [0.3, 0.4) is 0 Å². The van der Waals surface area contributed by atoms with E-state index in [1.807, 2.05) is 0 Å². The predicted molar refractivity (Wildman–Crippen MR) is 39.6 cm³/mol. The first-order valence-corrected chi connectivity index (χ1v) is 3.91. The molecule has 0 saturated carbocycles. The summed E-state index contributed by atoms with van der Waals surface area (Å²) >= 11 is 0. The topological polar surface area (TPSA) is 107 Å². The maximum Gasteiger partial charge on any atom is 0.335 e. The second-order valence-corrected chi connectivity index (χ2v) is 2.97.